The Bertz CT molecular complexity index is 363. The number of ketones is 1. The first-order chi connectivity index (χ1) is 7.65. The molecule has 0 bridgehead atoms. The number of Topliss-reactive ketones (excluding diaryl/α,β-unsaturated/α-hetero) is 1. The zero-order chi connectivity index (χ0) is 12.0. The molecule has 0 amide bonds. The van der Waals surface area contributed by atoms with Crippen molar-refractivity contribution in [3.05, 3.63) is 34.6 Å². The summed E-state index contributed by atoms with van der Waals surface area (Å²) in [6, 6.07) is 4.97. The van der Waals surface area contributed by atoms with E-state index in [1.165, 1.54) is 6.07 Å². The van der Waals surface area contributed by atoms with Crippen LogP contribution in [-0.2, 0) is 11.2 Å². The average molecular weight is 243 g/mol. The maximum atomic E-state index is 13.5. The Labute approximate surface area is 101 Å². The summed E-state index contributed by atoms with van der Waals surface area (Å²) in [5, 5.41) is 0.150. The molecule has 3 heteroatoms. The third-order valence-electron chi connectivity index (χ3n) is 2.46. The minimum absolute atomic E-state index is 0.150. The lowest BCUT2D eigenvalue weighted by atomic mass is 10.0. The Hall–Kier alpha value is -0.890. The number of carbonyl (C=O) groups excluding carboxylic acids is 1. The number of halogens is 2. The SMILES string of the molecule is CCCC(=O)CCCc1cccc(Cl)c1F. The van der Waals surface area contributed by atoms with E-state index < -0.39 is 0 Å². The fourth-order valence-corrected chi connectivity index (χ4v) is 1.82. The maximum absolute atomic E-state index is 13.5. The molecule has 1 nitrogen and oxygen atoms in total. The molecule has 0 unspecified atom stereocenters. The Kier molecular flexibility index (Phi) is 5.47. The summed E-state index contributed by atoms with van der Waals surface area (Å²) >= 11 is 5.66. The maximum Gasteiger partial charge on any atom is 0.144 e. The Balaban J connectivity index is 2.43. The second kappa shape index (κ2) is 6.64. The van der Waals surface area contributed by atoms with Crippen molar-refractivity contribution in [1.29, 1.82) is 0 Å². The molecule has 1 rings (SSSR count). The lowest BCUT2D eigenvalue weighted by Crippen LogP contribution is -1.99. The average Bonchev–Trinajstić information content (AvgIpc) is 2.25. The Morgan fingerprint density at radius 1 is 1.38 bits per heavy atom. The van der Waals surface area contributed by atoms with Gasteiger partial charge in [-0.3, -0.25) is 4.79 Å². The molecular formula is C13H16ClFO. The first-order valence-electron chi connectivity index (χ1n) is 5.59. The summed E-state index contributed by atoms with van der Waals surface area (Å²) in [6.07, 6.45) is 3.29. The van der Waals surface area contributed by atoms with Crippen LogP contribution >= 0.6 is 11.6 Å². The third-order valence-corrected chi connectivity index (χ3v) is 2.75. The number of benzene rings is 1. The molecule has 1 aromatic rings. The molecule has 0 saturated carbocycles. The standard InChI is InChI=1S/C13H16ClFO/c1-2-5-11(16)8-3-6-10-7-4-9-12(14)13(10)15/h4,7,9H,2-3,5-6,8H2,1H3. The van der Waals surface area contributed by atoms with E-state index in [9.17, 15) is 9.18 Å². The molecule has 0 radical (unpaired) electrons. The molecule has 0 aliphatic carbocycles. The van der Waals surface area contributed by atoms with Gasteiger partial charge in [0.15, 0.2) is 0 Å². The van der Waals surface area contributed by atoms with Crippen molar-refractivity contribution in [2.24, 2.45) is 0 Å². The number of rotatable bonds is 6. The molecule has 0 aromatic heterocycles. The second-order valence-corrected chi connectivity index (χ2v) is 4.26. The minimum atomic E-state index is -0.355. The molecule has 0 atom stereocenters. The first kappa shape index (κ1) is 13.2. The van der Waals surface area contributed by atoms with Crippen molar-refractivity contribution in [3.63, 3.8) is 0 Å². The zero-order valence-corrected chi connectivity index (χ0v) is 10.2. The van der Waals surface area contributed by atoms with Crippen LogP contribution < -0.4 is 0 Å². The van der Waals surface area contributed by atoms with Crippen molar-refractivity contribution in [2.45, 2.75) is 39.0 Å². The molecule has 0 spiro atoms. The molecule has 88 valence electrons. The van der Waals surface area contributed by atoms with Crippen molar-refractivity contribution in [3.8, 4) is 0 Å². The van der Waals surface area contributed by atoms with Crippen LogP contribution in [-0.4, -0.2) is 5.78 Å². The Morgan fingerprint density at radius 2 is 2.12 bits per heavy atom. The van der Waals surface area contributed by atoms with Gasteiger partial charge in [-0.05, 0) is 30.9 Å². The summed E-state index contributed by atoms with van der Waals surface area (Å²) in [7, 11) is 0. The fourth-order valence-electron chi connectivity index (χ4n) is 1.62. The van der Waals surface area contributed by atoms with Crippen molar-refractivity contribution in [1.82, 2.24) is 0 Å². The van der Waals surface area contributed by atoms with Gasteiger partial charge < -0.3 is 0 Å². The summed E-state index contributed by atoms with van der Waals surface area (Å²) in [4.78, 5) is 11.3. The first-order valence-corrected chi connectivity index (χ1v) is 5.97. The van der Waals surface area contributed by atoms with Crippen LogP contribution in [0.4, 0.5) is 4.39 Å². The van der Waals surface area contributed by atoms with Gasteiger partial charge in [-0.15, -0.1) is 0 Å². The molecule has 0 N–H and O–H groups in total. The highest BCUT2D eigenvalue weighted by Gasteiger charge is 2.07. The summed E-state index contributed by atoms with van der Waals surface area (Å²) in [5.74, 6) is -0.1000. The van der Waals surface area contributed by atoms with Gasteiger partial charge in [-0.1, -0.05) is 30.7 Å². The highest BCUT2D eigenvalue weighted by atomic mass is 35.5. The van der Waals surface area contributed by atoms with Gasteiger partial charge in [0.05, 0.1) is 5.02 Å². The van der Waals surface area contributed by atoms with Crippen molar-refractivity contribution in [2.75, 3.05) is 0 Å². The predicted octanol–water partition coefficient (Wildman–Crippen LogP) is 4.17. The molecule has 0 aliphatic heterocycles. The van der Waals surface area contributed by atoms with Gasteiger partial charge in [-0.2, -0.15) is 0 Å². The number of hydrogen-bond acceptors (Lipinski definition) is 1. The smallest absolute Gasteiger partial charge is 0.144 e. The van der Waals surface area contributed by atoms with E-state index in [-0.39, 0.29) is 16.6 Å². The lowest BCUT2D eigenvalue weighted by molar-refractivity contribution is -0.119. The van der Waals surface area contributed by atoms with Gasteiger partial charge in [0.1, 0.15) is 11.6 Å². The molecule has 0 saturated heterocycles. The van der Waals surface area contributed by atoms with Crippen LogP contribution in [0.25, 0.3) is 0 Å². The van der Waals surface area contributed by atoms with E-state index >= 15 is 0 Å². The van der Waals surface area contributed by atoms with Crippen LogP contribution in [0.2, 0.25) is 5.02 Å². The molecule has 16 heavy (non-hydrogen) atoms. The number of aryl methyl sites for hydroxylation is 1. The van der Waals surface area contributed by atoms with Gasteiger partial charge in [0.25, 0.3) is 0 Å². The molecule has 0 heterocycles. The largest absolute Gasteiger partial charge is 0.300 e. The summed E-state index contributed by atoms with van der Waals surface area (Å²) < 4.78 is 13.5. The lowest BCUT2D eigenvalue weighted by Gasteiger charge is -2.04. The van der Waals surface area contributed by atoms with Crippen LogP contribution in [0.1, 0.15) is 38.2 Å². The van der Waals surface area contributed by atoms with E-state index in [0.717, 1.165) is 6.42 Å². The van der Waals surface area contributed by atoms with Crippen molar-refractivity contribution < 1.29 is 9.18 Å². The topological polar surface area (TPSA) is 17.1 Å². The predicted molar refractivity (Wildman–Crippen MR) is 64.3 cm³/mol. The molecule has 1 aromatic carbocycles. The molecular weight excluding hydrogens is 227 g/mol. The molecule has 0 fully saturated rings. The summed E-state index contributed by atoms with van der Waals surface area (Å²) in [5.41, 5.74) is 0.594. The highest BCUT2D eigenvalue weighted by Crippen LogP contribution is 2.19. The Morgan fingerprint density at radius 3 is 2.81 bits per heavy atom. The van der Waals surface area contributed by atoms with Gasteiger partial charge in [0, 0.05) is 12.8 Å². The van der Waals surface area contributed by atoms with E-state index in [4.69, 9.17) is 11.6 Å². The van der Waals surface area contributed by atoms with Crippen LogP contribution in [0.15, 0.2) is 18.2 Å². The third kappa shape index (κ3) is 3.93. The van der Waals surface area contributed by atoms with Gasteiger partial charge >= 0.3 is 0 Å². The monoisotopic (exact) mass is 242 g/mol. The van der Waals surface area contributed by atoms with Gasteiger partial charge in [-0.25, -0.2) is 4.39 Å². The van der Waals surface area contributed by atoms with Crippen molar-refractivity contribution >= 4 is 17.4 Å². The zero-order valence-electron chi connectivity index (χ0n) is 9.43. The van der Waals surface area contributed by atoms with Crippen LogP contribution in [0.3, 0.4) is 0 Å². The van der Waals surface area contributed by atoms with Crippen LogP contribution in [0, 0.1) is 5.82 Å². The van der Waals surface area contributed by atoms with Gasteiger partial charge in [0.2, 0.25) is 0 Å². The van der Waals surface area contributed by atoms with E-state index in [0.29, 0.717) is 31.2 Å². The number of hydrogen-bond donors (Lipinski definition) is 0. The van der Waals surface area contributed by atoms with E-state index in [1.807, 2.05) is 6.92 Å². The minimum Gasteiger partial charge on any atom is -0.300 e. The van der Waals surface area contributed by atoms with Crippen LogP contribution in [0.5, 0.6) is 0 Å². The summed E-state index contributed by atoms with van der Waals surface area (Å²) in [6.45, 7) is 1.98. The number of carbonyl (C=O) groups is 1. The molecule has 0 aliphatic rings. The van der Waals surface area contributed by atoms with E-state index in [2.05, 4.69) is 0 Å². The normalized spacial score (nSPS) is 10.4. The fraction of sp³-hybridized carbons (Fsp3) is 0.462. The second-order valence-electron chi connectivity index (χ2n) is 3.86. The van der Waals surface area contributed by atoms with E-state index in [1.54, 1.807) is 12.1 Å². The quantitative estimate of drug-likeness (QED) is 0.732. The highest BCUT2D eigenvalue weighted by molar-refractivity contribution is 6.30.